The first-order valence-corrected chi connectivity index (χ1v) is 7.46. The van der Waals surface area contributed by atoms with Gasteiger partial charge >= 0.3 is 5.97 Å². The van der Waals surface area contributed by atoms with E-state index in [4.69, 9.17) is 5.11 Å². The lowest BCUT2D eigenvalue weighted by Gasteiger charge is -2.32. The number of carbonyl (C=O) groups is 2. The molecule has 1 atom stereocenters. The van der Waals surface area contributed by atoms with Crippen LogP contribution in [0.3, 0.4) is 0 Å². The number of carboxylic acids is 1. The average Bonchev–Trinajstić information content (AvgIpc) is 2.91. The van der Waals surface area contributed by atoms with Crippen molar-refractivity contribution >= 4 is 11.9 Å². The topological polar surface area (TPSA) is 60.9 Å². The van der Waals surface area contributed by atoms with Gasteiger partial charge < -0.3 is 10.0 Å². The maximum absolute atomic E-state index is 12.3. The van der Waals surface area contributed by atoms with Gasteiger partial charge in [-0.05, 0) is 44.6 Å². The van der Waals surface area contributed by atoms with Crippen LogP contribution in [0.5, 0.6) is 0 Å². The number of hydrogen-bond acceptors (Lipinski definition) is 3. The van der Waals surface area contributed by atoms with Crippen molar-refractivity contribution in [3.05, 3.63) is 11.8 Å². The maximum atomic E-state index is 12.3. The molecule has 1 aliphatic heterocycles. The van der Waals surface area contributed by atoms with Crippen LogP contribution >= 0.6 is 0 Å². The number of rotatable bonds is 5. The zero-order valence-electron chi connectivity index (χ0n) is 12.2. The number of allylic oxidation sites excluding steroid dienone is 2. The summed E-state index contributed by atoms with van der Waals surface area (Å²) in [5.74, 6) is -0.435. The molecule has 1 fully saturated rings. The molecule has 0 radical (unpaired) electrons. The van der Waals surface area contributed by atoms with E-state index < -0.39 is 5.97 Å². The standard InChI is InChI=1S/C15H24N2O3/c1-16(13-6-2-3-7-13)14(18)11-17-8-4-5-12(10-17)9-15(19)20/h6,12H,2-5,7-11H2,1H3,(H,19,20). The Hall–Kier alpha value is -1.36. The van der Waals surface area contributed by atoms with Gasteiger partial charge in [0.05, 0.1) is 6.54 Å². The molecule has 0 spiro atoms. The molecule has 5 nitrogen and oxygen atoms in total. The third kappa shape index (κ3) is 4.07. The number of hydrogen-bond donors (Lipinski definition) is 1. The van der Waals surface area contributed by atoms with Crippen LogP contribution in [-0.2, 0) is 9.59 Å². The second-order valence-corrected chi connectivity index (χ2v) is 5.88. The molecule has 1 aliphatic carbocycles. The molecule has 20 heavy (non-hydrogen) atoms. The van der Waals surface area contributed by atoms with Crippen molar-refractivity contribution in [3.8, 4) is 0 Å². The van der Waals surface area contributed by atoms with Crippen molar-refractivity contribution in [2.24, 2.45) is 5.92 Å². The average molecular weight is 280 g/mol. The minimum Gasteiger partial charge on any atom is -0.481 e. The molecular formula is C15H24N2O3. The Kier molecular flexibility index (Phi) is 5.17. The summed E-state index contributed by atoms with van der Waals surface area (Å²) in [7, 11) is 1.85. The second-order valence-electron chi connectivity index (χ2n) is 5.88. The largest absolute Gasteiger partial charge is 0.481 e. The smallest absolute Gasteiger partial charge is 0.303 e. The summed E-state index contributed by atoms with van der Waals surface area (Å²) < 4.78 is 0. The van der Waals surface area contributed by atoms with Crippen molar-refractivity contribution < 1.29 is 14.7 Å². The molecule has 0 aromatic heterocycles. The van der Waals surface area contributed by atoms with Crippen LogP contribution in [0.15, 0.2) is 11.8 Å². The summed E-state index contributed by atoms with van der Waals surface area (Å²) >= 11 is 0. The van der Waals surface area contributed by atoms with Crippen LogP contribution in [0, 0.1) is 5.92 Å². The first kappa shape index (κ1) is 15.0. The van der Waals surface area contributed by atoms with E-state index in [1.807, 2.05) is 7.05 Å². The normalized spacial score (nSPS) is 23.4. The van der Waals surface area contributed by atoms with Gasteiger partial charge in [-0.2, -0.15) is 0 Å². The molecular weight excluding hydrogens is 256 g/mol. The molecule has 2 aliphatic rings. The Morgan fingerprint density at radius 3 is 2.90 bits per heavy atom. The Labute approximate surface area is 120 Å². The van der Waals surface area contributed by atoms with Crippen molar-refractivity contribution in [3.63, 3.8) is 0 Å². The highest BCUT2D eigenvalue weighted by Crippen LogP contribution is 2.22. The summed E-state index contributed by atoms with van der Waals surface area (Å²) in [5.41, 5.74) is 1.13. The first-order chi connectivity index (χ1) is 9.56. The van der Waals surface area contributed by atoms with Crippen LogP contribution in [0.2, 0.25) is 0 Å². The number of piperidine rings is 1. The van der Waals surface area contributed by atoms with Gasteiger partial charge in [0.1, 0.15) is 0 Å². The third-order valence-electron chi connectivity index (χ3n) is 4.25. The predicted molar refractivity (Wildman–Crippen MR) is 76.1 cm³/mol. The molecule has 112 valence electrons. The van der Waals surface area contributed by atoms with Crippen LogP contribution in [0.4, 0.5) is 0 Å². The fraction of sp³-hybridized carbons (Fsp3) is 0.733. The third-order valence-corrected chi connectivity index (χ3v) is 4.25. The molecule has 1 heterocycles. The Bertz CT molecular complexity index is 406. The fourth-order valence-corrected chi connectivity index (χ4v) is 3.12. The van der Waals surface area contributed by atoms with Crippen molar-refractivity contribution in [1.29, 1.82) is 0 Å². The number of likely N-dealkylation sites (tertiary alicyclic amines) is 1. The summed E-state index contributed by atoms with van der Waals surface area (Å²) in [6, 6.07) is 0. The number of carboxylic acid groups (broad SMARTS) is 1. The number of nitrogens with zero attached hydrogens (tertiary/aromatic N) is 2. The zero-order chi connectivity index (χ0) is 14.5. The fourth-order valence-electron chi connectivity index (χ4n) is 3.12. The minimum atomic E-state index is -0.739. The van der Waals surface area contributed by atoms with Gasteiger partial charge in [-0.3, -0.25) is 14.5 Å². The lowest BCUT2D eigenvalue weighted by Crippen LogP contribution is -2.43. The molecule has 1 amide bonds. The Morgan fingerprint density at radius 2 is 2.25 bits per heavy atom. The highest BCUT2D eigenvalue weighted by Gasteiger charge is 2.25. The van der Waals surface area contributed by atoms with Gasteiger partial charge in [-0.1, -0.05) is 6.08 Å². The number of amides is 1. The monoisotopic (exact) mass is 280 g/mol. The van der Waals surface area contributed by atoms with E-state index in [1.54, 1.807) is 4.90 Å². The second kappa shape index (κ2) is 6.88. The van der Waals surface area contributed by atoms with Crippen LogP contribution in [0.1, 0.15) is 38.5 Å². The van der Waals surface area contributed by atoms with Gasteiger partial charge in [-0.25, -0.2) is 0 Å². The molecule has 2 rings (SSSR count). The SMILES string of the molecule is CN(C(=O)CN1CCCC(CC(=O)O)C1)C1=CCCC1. The van der Waals surface area contributed by atoms with Crippen LogP contribution < -0.4 is 0 Å². The van der Waals surface area contributed by atoms with E-state index in [0.717, 1.165) is 50.9 Å². The summed E-state index contributed by atoms with van der Waals surface area (Å²) in [4.78, 5) is 26.9. The molecule has 0 saturated carbocycles. The highest BCUT2D eigenvalue weighted by atomic mass is 16.4. The van der Waals surface area contributed by atoms with E-state index in [9.17, 15) is 9.59 Å². The predicted octanol–water partition coefficient (Wildman–Crippen LogP) is 1.70. The summed E-state index contributed by atoms with van der Waals surface area (Å²) in [6.45, 7) is 2.03. The molecule has 5 heteroatoms. The Balaban J connectivity index is 1.82. The number of carbonyl (C=O) groups excluding carboxylic acids is 1. The highest BCUT2D eigenvalue weighted by molar-refractivity contribution is 5.79. The van der Waals surface area contributed by atoms with Gasteiger partial charge in [0.2, 0.25) is 5.91 Å². The van der Waals surface area contributed by atoms with Crippen LogP contribution in [-0.4, -0.2) is 53.5 Å². The maximum Gasteiger partial charge on any atom is 0.303 e. The molecule has 1 N–H and O–H groups in total. The van der Waals surface area contributed by atoms with Gasteiger partial charge in [0.25, 0.3) is 0 Å². The molecule has 0 aromatic carbocycles. The van der Waals surface area contributed by atoms with E-state index in [2.05, 4.69) is 11.0 Å². The summed E-state index contributed by atoms with van der Waals surface area (Å²) in [5, 5.41) is 8.86. The zero-order valence-corrected chi connectivity index (χ0v) is 12.2. The lowest BCUT2D eigenvalue weighted by atomic mass is 9.95. The van der Waals surface area contributed by atoms with E-state index in [0.29, 0.717) is 6.54 Å². The summed E-state index contributed by atoms with van der Waals surface area (Å²) in [6.07, 6.45) is 7.49. The number of aliphatic carboxylic acids is 1. The van der Waals surface area contributed by atoms with Gasteiger partial charge in [0, 0.05) is 25.7 Å². The van der Waals surface area contributed by atoms with Crippen LogP contribution in [0.25, 0.3) is 0 Å². The molecule has 0 bridgehead atoms. The lowest BCUT2D eigenvalue weighted by molar-refractivity contribution is -0.138. The van der Waals surface area contributed by atoms with Gasteiger partial charge in [0.15, 0.2) is 0 Å². The van der Waals surface area contributed by atoms with Crippen molar-refractivity contribution in [1.82, 2.24) is 9.80 Å². The molecule has 0 aromatic rings. The van der Waals surface area contributed by atoms with Crippen molar-refractivity contribution in [2.75, 3.05) is 26.7 Å². The van der Waals surface area contributed by atoms with E-state index >= 15 is 0 Å². The van der Waals surface area contributed by atoms with E-state index in [-0.39, 0.29) is 18.2 Å². The quantitative estimate of drug-likeness (QED) is 0.832. The first-order valence-electron chi connectivity index (χ1n) is 7.46. The van der Waals surface area contributed by atoms with E-state index in [1.165, 1.54) is 0 Å². The Morgan fingerprint density at radius 1 is 1.45 bits per heavy atom. The van der Waals surface area contributed by atoms with Crippen molar-refractivity contribution in [2.45, 2.75) is 38.5 Å². The molecule has 1 unspecified atom stereocenters. The minimum absolute atomic E-state index is 0.120. The number of likely N-dealkylation sites (N-methyl/N-ethyl adjacent to an activating group) is 1. The van der Waals surface area contributed by atoms with Gasteiger partial charge in [-0.15, -0.1) is 0 Å². The molecule has 1 saturated heterocycles.